The van der Waals surface area contributed by atoms with E-state index in [9.17, 15) is 4.57 Å². The van der Waals surface area contributed by atoms with Crippen molar-refractivity contribution in [3.63, 3.8) is 0 Å². The van der Waals surface area contributed by atoms with E-state index in [4.69, 9.17) is 5.26 Å². The summed E-state index contributed by atoms with van der Waals surface area (Å²) in [5, 5.41) is 9.85. The van der Waals surface area contributed by atoms with Crippen molar-refractivity contribution in [3.05, 3.63) is 59.9 Å². The highest BCUT2D eigenvalue weighted by atomic mass is 31.2. The molecular weight excluding hydrogens is 279 g/mol. The van der Waals surface area contributed by atoms with Crippen LogP contribution in [0.25, 0.3) is 0 Å². The summed E-state index contributed by atoms with van der Waals surface area (Å²) in [6.07, 6.45) is 2.84. The topological polar surface area (TPSA) is 53.8 Å². The predicted octanol–water partition coefficient (Wildman–Crippen LogP) is 3.59. The molecule has 0 N–H and O–H groups in total. The highest BCUT2D eigenvalue weighted by Crippen LogP contribution is 2.49. The van der Waals surface area contributed by atoms with Gasteiger partial charge in [-0.15, -0.1) is 0 Å². The van der Waals surface area contributed by atoms with Crippen LogP contribution in [-0.4, -0.2) is 16.8 Å². The van der Waals surface area contributed by atoms with Crippen molar-refractivity contribution in [1.82, 2.24) is 4.98 Å². The first-order valence-corrected chi connectivity index (χ1v) is 9.02. The summed E-state index contributed by atoms with van der Waals surface area (Å²) >= 11 is 0. The molecular formula is C17H19N2OP. The standard InChI is InChI=1S/C17H19N2OP/c1-14(2)21(20,17-6-4-3-5-7-17)11-9-16-12-15(13-18)8-10-19-16/h3-8,10,12,14H,9,11H2,1-2H3/t21-/m0/s1. The quantitative estimate of drug-likeness (QED) is 0.793. The summed E-state index contributed by atoms with van der Waals surface area (Å²) in [6, 6.07) is 15.3. The van der Waals surface area contributed by atoms with Crippen LogP contribution in [0.5, 0.6) is 0 Å². The average molecular weight is 298 g/mol. The molecule has 0 spiro atoms. The Morgan fingerprint density at radius 1 is 1.24 bits per heavy atom. The molecule has 0 amide bonds. The van der Waals surface area contributed by atoms with Crippen molar-refractivity contribution in [2.45, 2.75) is 25.9 Å². The lowest BCUT2D eigenvalue weighted by molar-refractivity contribution is 0.574. The van der Waals surface area contributed by atoms with Crippen LogP contribution in [0.1, 0.15) is 25.1 Å². The second kappa shape index (κ2) is 6.70. The normalized spacial score (nSPS) is 13.6. The molecule has 2 rings (SSSR count). The van der Waals surface area contributed by atoms with Crippen molar-refractivity contribution in [3.8, 4) is 6.07 Å². The first-order chi connectivity index (χ1) is 10.1. The third-order valence-corrected chi connectivity index (χ3v) is 7.40. The Kier molecular flexibility index (Phi) is 4.94. The van der Waals surface area contributed by atoms with E-state index in [1.807, 2.05) is 44.2 Å². The molecule has 0 aliphatic rings. The van der Waals surface area contributed by atoms with Gasteiger partial charge in [-0.1, -0.05) is 44.2 Å². The van der Waals surface area contributed by atoms with Crippen LogP contribution in [0, 0.1) is 11.3 Å². The van der Waals surface area contributed by atoms with E-state index in [1.54, 1.807) is 18.3 Å². The van der Waals surface area contributed by atoms with E-state index in [-0.39, 0.29) is 5.66 Å². The van der Waals surface area contributed by atoms with Gasteiger partial charge in [-0.2, -0.15) is 5.26 Å². The van der Waals surface area contributed by atoms with Crippen molar-refractivity contribution in [2.75, 3.05) is 6.16 Å². The summed E-state index contributed by atoms with van der Waals surface area (Å²) in [6.45, 7) is 4.01. The summed E-state index contributed by atoms with van der Waals surface area (Å²) in [4.78, 5) is 4.27. The molecule has 0 saturated carbocycles. The molecule has 1 heterocycles. The number of nitriles is 1. The second-order valence-electron chi connectivity index (χ2n) is 5.35. The number of hydrogen-bond donors (Lipinski definition) is 0. The van der Waals surface area contributed by atoms with Crippen molar-refractivity contribution >= 4 is 12.4 Å². The summed E-state index contributed by atoms with van der Waals surface area (Å²) in [7, 11) is -2.46. The first-order valence-electron chi connectivity index (χ1n) is 7.05. The Hall–Kier alpha value is -1.91. The molecule has 1 aromatic carbocycles. The van der Waals surface area contributed by atoms with Gasteiger partial charge < -0.3 is 4.57 Å². The van der Waals surface area contributed by atoms with Gasteiger partial charge in [0.25, 0.3) is 0 Å². The van der Waals surface area contributed by atoms with Gasteiger partial charge in [0.2, 0.25) is 0 Å². The Labute approximate surface area is 126 Å². The van der Waals surface area contributed by atoms with Gasteiger partial charge in [0.15, 0.2) is 0 Å². The molecule has 1 atom stereocenters. The molecule has 4 heteroatoms. The van der Waals surface area contributed by atoms with Gasteiger partial charge in [-0.05, 0) is 18.6 Å². The third kappa shape index (κ3) is 3.60. The molecule has 0 radical (unpaired) electrons. The zero-order valence-corrected chi connectivity index (χ0v) is 13.3. The number of benzene rings is 1. The average Bonchev–Trinajstić information content (AvgIpc) is 2.53. The lowest BCUT2D eigenvalue weighted by Crippen LogP contribution is -2.16. The first kappa shape index (κ1) is 15.5. The minimum absolute atomic E-state index is 0.0963. The van der Waals surface area contributed by atoms with Crippen LogP contribution >= 0.6 is 7.14 Å². The SMILES string of the molecule is CC(C)[P@@](=O)(CCc1cc(C#N)ccn1)c1ccccc1. The van der Waals surface area contributed by atoms with E-state index in [2.05, 4.69) is 11.1 Å². The highest BCUT2D eigenvalue weighted by Gasteiger charge is 2.28. The maximum Gasteiger partial charge on any atom is 0.118 e. The molecule has 0 aliphatic heterocycles. The van der Waals surface area contributed by atoms with Crippen LogP contribution in [0.4, 0.5) is 0 Å². The molecule has 21 heavy (non-hydrogen) atoms. The Bertz CT molecular complexity index is 689. The number of hydrogen-bond acceptors (Lipinski definition) is 3. The molecule has 108 valence electrons. The number of aryl methyl sites for hydroxylation is 1. The monoisotopic (exact) mass is 298 g/mol. The van der Waals surface area contributed by atoms with Gasteiger partial charge in [0, 0.05) is 29.0 Å². The Balaban J connectivity index is 2.22. The van der Waals surface area contributed by atoms with Crippen LogP contribution in [-0.2, 0) is 11.0 Å². The Morgan fingerprint density at radius 3 is 2.57 bits per heavy atom. The van der Waals surface area contributed by atoms with Gasteiger partial charge in [0.05, 0.1) is 11.6 Å². The number of aromatic nitrogens is 1. The van der Waals surface area contributed by atoms with Crippen LogP contribution in [0.15, 0.2) is 48.7 Å². The van der Waals surface area contributed by atoms with E-state index in [0.717, 1.165) is 11.0 Å². The lowest BCUT2D eigenvalue weighted by Gasteiger charge is -2.22. The van der Waals surface area contributed by atoms with Gasteiger partial charge in [-0.3, -0.25) is 4.98 Å². The van der Waals surface area contributed by atoms with E-state index in [1.165, 1.54) is 0 Å². The van der Waals surface area contributed by atoms with Crippen LogP contribution < -0.4 is 5.30 Å². The van der Waals surface area contributed by atoms with E-state index >= 15 is 0 Å². The van der Waals surface area contributed by atoms with Crippen LogP contribution in [0.3, 0.4) is 0 Å². The molecule has 0 unspecified atom stereocenters. The van der Waals surface area contributed by atoms with Crippen molar-refractivity contribution < 1.29 is 4.57 Å². The number of rotatable bonds is 5. The van der Waals surface area contributed by atoms with Crippen molar-refractivity contribution in [2.24, 2.45) is 0 Å². The number of pyridine rings is 1. The minimum Gasteiger partial charge on any atom is -0.318 e. The largest absolute Gasteiger partial charge is 0.318 e. The smallest absolute Gasteiger partial charge is 0.118 e. The molecule has 3 nitrogen and oxygen atoms in total. The van der Waals surface area contributed by atoms with E-state index < -0.39 is 7.14 Å². The van der Waals surface area contributed by atoms with Crippen molar-refractivity contribution in [1.29, 1.82) is 5.26 Å². The maximum absolute atomic E-state index is 13.3. The zero-order valence-electron chi connectivity index (χ0n) is 12.4. The van der Waals surface area contributed by atoms with Crippen LogP contribution in [0.2, 0.25) is 0 Å². The number of nitrogens with zero attached hydrogens (tertiary/aromatic N) is 2. The molecule has 0 saturated heterocycles. The van der Waals surface area contributed by atoms with Gasteiger partial charge in [-0.25, -0.2) is 0 Å². The molecule has 1 aromatic heterocycles. The molecule has 0 aliphatic carbocycles. The highest BCUT2D eigenvalue weighted by molar-refractivity contribution is 7.72. The Morgan fingerprint density at radius 2 is 1.95 bits per heavy atom. The lowest BCUT2D eigenvalue weighted by atomic mass is 10.2. The fourth-order valence-corrected chi connectivity index (χ4v) is 4.94. The minimum atomic E-state index is -2.46. The summed E-state index contributed by atoms with van der Waals surface area (Å²) in [5.41, 5.74) is 1.52. The molecule has 0 fully saturated rings. The summed E-state index contributed by atoms with van der Waals surface area (Å²) in [5.74, 6) is 0. The molecule has 2 aromatic rings. The third-order valence-electron chi connectivity index (χ3n) is 3.67. The van der Waals surface area contributed by atoms with Gasteiger partial charge in [0.1, 0.15) is 7.14 Å². The molecule has 0 bridgehead atoms. The zero-order chi connectivity index (χ0) is 15.3. The van der Waals surface area contributed by atoms with Gasteiger partial charge >= 0.3 is 0 Å². The second-order valence-corrected chi connectivity index (χ2v) is 8.93. The van der Waals surface area contributed by atoms with E-state index in [0.29, 0.717) is 18.1 Å². The fraction of sp³-hybridized carbons (Fsp3) is 0.294. The maximum atomic E-state index is 13.3. The summed E-state index contributed by atoms with van der Waals surface area (Å²) < 4.78 is 13.3. The predicted molar refractivity (Wildman–Crippen MR) is 86.3 cm³/mol. The fourth-order valence-electron chi connectivity index (χ4n) is 2.33.